The van der Waals surface area contributed by atoms with E-state index in [9.17, 15) is 0 Å². The van der Waals surface area contributed by atoms with Crippen LogP contribution in [0.1, 0.15) is 35.8 Å². The normalized spacial score (nSPS) is 13.6. The third kappa shape index (κ3) is 3.45. The number of pyridine rings is 2. The van der Waals surface area contributed by atoms with Crippen LogP contribution in [-0.2, 0) is 0 Å². The Morgan fingerprint density at radius 3 is 2.56 bits per heavy atom. The van der Waals surface area contributed by atoms with Crippen molar-refractivity contribution in [2.24, 2.45) is 0 Å². The van der Waals surface area contributed by atoms with Crippen LogP contribution < -0.4 is 5.32 Å². The van der Waals surface area contributed by atoms with E-state index in [0.717, 1.165) is 11.2 Å². The van der Waals surface area contributed by atoms with Gasteiger partial charge in [0, 0.05) is 18.4 Å². The molecule has 1 N–H and O–H groups in total. The van der Waals surface area contributed by atoms with Crippen LogP contribution >= 0.6 is 11.3 Å². The van der Waals surface area contributed by atoms with Crippen LogP contribution in [-0.4, -0.2) is 9.97 Å². The Balaban J connectivity index is 1.65. The molecule has 0 unspecified atom stereocenters. The molecule has 0 amide bonds. The Kier molecular flexibility index (Phi) is 4.55. The quantitative estimate of drug-likeness (QED) is 0.545. The van der Waals surface area contributed by atoms with Gasteiger partial charge in [-0.1, -0.05) is 36.4 Å². The van der Waals surface area contributed by atoms with Crippen LogP contribution in [0.2, 0.25) is 0 Å². The molecule has 0 fully saturated rings. The van der Waals surface area contributed by atoms with E-state index in [2.05, 4.69) is 70.1 Å². The molecule has 3 aromatic heterocycles. The summed E-state index contributed by atoms with van der Waals surface area (Å²) in [5.41, 5.74) is 4.47. The zero-order valence-corrected chi connectivity index (χ0v) is 14.8. The van der Waals surface area contributed by atoms with Crippen LogP contribution in [0.4, 0.5) is 0 Å². The molecule has 3 heterocycles. The summed E-state index contributed by atoms with van der Waals surface area (Å²) in [7, 11) is 0. The number of thiophene rings is 1. The van der Waals surface area contributed by atoms with Gasteiger partial charge in [0.2, 0.25) is 0 Å². The zero-order chi connectivity index (χ0) is 17.1. The number of nitrogens with one attached hydrogen (secondary N) is 1. The summed E-state index contributed by atoms with van der Waals surface area (Å²) in [4.78, 5) is 9.14. The Morgan fingerprint density at radius 2 is 1.76 bits per heavy atom. The predicted octanol–water partition coefficient (Wildman–Crippen LogP) is 5.13. The van der Waals surface area contributed by atoms with Crippen LogP contribution in [0, 0.1) is 0 Å². The molecular weight excluding hydrogens is 326 g/mol. The Hall–Kier alpha value is -2.56. The summed E-state index contributed by atoms with van der Waals surface area (Å²) in [5, 5.41) is 5.81. The third-order valence-electron chi connectivity index (χ3n) is 4.36. The van der Waals surface area contributed by atoms with Gasteiger partial charge in [0.1, 0.15) is 0 Å². The highest BCUT2D eigenvalue weighted by atomic mass is 32.1. The molecule has 0 spiro atoms. The lowest BCUT2D eigenvalue weighted by molar-refractivity contribution is 0.508. The Labute approximate surface area is 151 Å². The molecule has 4 rings (SSSR count). The lowest BCUT2D eigenvalue weighted by Gasteiger charge is -2.23. The van der Waals surface area contributed by atoms with Crippen molar-refractivity contribution >= 4 is 21.6 Å². The van der Waals surface area contributed by atoms with E-state index in [-0.39, 0.29) is 12.1 Å². The van der Waals surface area contributed by atoms with Gasteiger partial charge in [-0.3, -0.25) is 15.3 Å². The average molecular weight is 345 g/mol. The minimum atomic E-state index is 0.0384. The summed E-state index contributed by atoms with van der Waals surface area (Å²) < 4.78 is 1.22. The predicted molar refractivity (Wildman–Crippen MR) is 104 cm³/mol. The standard InChI is InChI=1S/C21H19N3S/c1-15(17-13-20-18(23-14-17)10-12-25-20)24-21(16-7-3-2-4-8-16)19-9-5-6-11-22-19/h2-15,21,24H,1H3/t15-,21+/m0/s1. The SMILES string of the molecule is C[C@H](N[C@H](c1ccccc1)c1ccccn1)c1cnc2ccsc2c1. The maximum Gasteiger partial charge on any atom is 0.0809 e. The number of nitrogens with zero attached hydrogens (tertiary/aromatic N) is 2. The molecule has 0 saturated heterocycles. The first-order valence-electron chi connectivity index (χ1n) is 8.36. The van der Waals surface area contributed by atoms with Crippen molar-refractivity contribution in [2.45, 2.75) is 19.0 Å². The number of benzene rings is 1. The fraction of sp³-hybridized carbons (Fsp3) is 0.143. The van der Waals surface area contributed by atoms with Gasteiger partial charge in [-0.25, -0.2) is 0 Å². The van der Waals surface area contributed by atoms with Gasteiger partial charge in [0.05, 0.1) is 22.0 Å². The van der Waals surface area contributed by atoms with Crippen LogP contribution in [0.3, 0.4) is 0 Å². The number of rotatable bonds is 5. The fourth-order valence-corrected chi connectivity index (χ4v) is 3.78. The molecular formula is C21H19N3S. The smallest absolute Gasteiger partial charge is 0.0809 e. The van der Waals surface area contributed by atoms with Gasteiger partial charge in [0.25, 0.3) is 0 Å². The number of hydrogen-bond donors (Lipinski definition) is 1. The van der Waals surface area contributed by atoms with Gasteiger partial charge >= 0.3 is 0 Å². The van der Waals surface area contributed by atoms with Crippen molar-refractivity contribution < 1.29 is 0 Å². The molecule has 3 nitrogen and oxygen atoms in total. The molecule has 0 saturated carbocycles. The van der Waals surface area contributed by atoms with Gasteiger partial charge in [-0.05, 0) is 47.7 Å². The molecule has 0 aliphatic heterocycles. The third-order valence-corrected chi connectivity index (χ3v) is 5.21. The van der Waals surface area contributed by atoms with Crippen molar-refractivity contribution in [3.63, 3.8) is 0 Å². The highest BCUT2D eigenvalue weighted by Crippen LogP contribution is 2.27. The fourth-order valence-electron chi connectivity index (χ4n) is 2.99. The first-order chi connectivity index (χ1) is 12.3. The van der Waals surface area contributed by atoms with E-state index < -0.39 is 0 Å². The maximum absolute atomic E-state index is 4.57. The number of hydrogen-bond acceptors (Lipinski definition) is 4. The highest BCUT2D eigenvalue weighted by Gasteiger charge is 2.18. The second-order valence-corrected chi connectivity index (χ2v) is 7.01. The largest absolute Gasteiger partial charge is 0.298 e. The molecule has 2 atom stereocenters. The molecule has 0 aliphatic carbocycles. The van der Waals surface area contributed by atoms with Crippen molar-refractivity contribution in [1.29, 1.82) is 0 Å². The van der Waals surface area contributed by atoms with Gasteiger partial charge in [-0.2, -0.15) is 0 Å². The summed E-state index contributed by atoms with van der Waals surface area (Å²) in [5.74, 6) is 0. The van der Waals surface area contributed by atoms with E-state index in [1.54, 1.807) is 11.3 Å². The van der Waals surface area contributed by atoms with Crippen molar-refractivity contribution in [3.05, 3.63) is 95.3 Å². The summed E-state index contributed by atoms with van der Waals surface area (Å²) in [6.07, 6.45) is 3.81. The van der Waals surface area contributed by atoms with Crippen molar-refractivity contribution in [1.82, 2.24) is 15.3 Å². The molecule has 4 aromatic rings. The van der Waals surface area contributed by atoms with Gasteiger partial charge < -0.3 is 0 Å². The highest BCUT2D eigenvalue weighted by molar-refractivity contribution is 7.17. The molecule has 0 aliphatic rings. The summed E-state index contributed by atoms with van der Waals surface area (Å²) in [6, 6.07) is 21.0. The average Bonchev–Trinajstić information content (AvgIpc) is 3.15. The van der Waals surface area contributed by atoms with E-state index in [1.165, 1.54) is 15.8 Å². The molecule has 0 bridgehead atoms. The first kappa shape index (κ1) is 15.9. The van der Waals surface area contributed by atoms with Crippen molar-refractivity contribution in [2.75, 3.05) is 0 Å². The molecule has 4 heteroatoms. The number of aromatic nitrogens is 2. The first-order valence-corrected chi connectivity index (χ1v) is 9.24. The minimum Gasteiger partial charge on any atom is -0.298 e. The second-order valence-electron chi connectivity index (χ2n) is 6.06. The lowest BCUT2D eigenvalue weighted by atomic mass is 10.0. The minimum absolute atomic E-state index is 0.0384. The summed E-state index contributed by atoms with van der Waals surface area (Å²) >= 11 is 1.73. The molecule has 124 valence electrons. The van der Waals surface area contributed by atoms with Gasteiger partial charge in [-0.15, -0.1) is 11.3 Å². The zero-order valence-electron chi connectivity index (χ0n) is 14.0. The lowest BCUT2D eigenvalue weighted by Crippen LogP contribution is -2.26. The Bertz CT molecular complexity index is 911. The van der Waals surface area contributed by atoms with E-state index in [0.29, 0.717) is 0 Å². The monoisotopic (exact) mass is 345 g/mol. The van der Waals surface area contributed by atoms with E-state index >= 15 is 0 Å². The number of fused-ring (bicyclic) bond motifs is 1. The van der Waals surface area contributed by atoms with Crippen LogP contribution in [0.5, 0.6) is 0 Å². The summed E-state index contributed by atoms with van der Waals surface area (Å²) in [6.45, 7) is 2.18. The van der Waals surface area contributed by atoms with E-state index in [4.69, 9.17) is 0 Å². The van der Waals surface area contributed by atoms with Crippen LogP contribution in [0.15, 0.2) is 78.4 Å². The van der Waals surface area contributed by atoms with Crippen molar-refractivity contribution in [3.8, 4) is 0 Å². The second kappa shape index (κ2) is 7.13. The molecule has 25 heavy (non-hydrogen) atoms. The maximum atomic E-state index is 4.57. The molecule has 0 radical (unpaired) electrons. The van der Waals surface area contributed by atoms with Gasteiger partial charge in [0.15, 0.2) is 0 Å². The van der Waals surface area contributed by atoms with E-state index in [1.807, 2.05) is 30.6 Å². The topological polar surface area (TPSA) is 37.8 Å². The van der Waals surface area contributed by atoms with Crippen LogP contribution in [0.25, 0.3) is 10.2 Å². The molecule has 1 aromatic carbocycles. The Morgan fingerprint density at radius 1 is 0.920 bits per heavy atom.